The van der Waals surface area contributed by atoms with Crippen LogP contribution in [0.25, 0.3) is 0 Å². The van der Waals surface area contributed by atoms with Gasteiger partial charge in [-0.05, 0) is 86.0 Å². The van der Waals surface area contributed by atoms with Gasteiger partial charge in [-0.3, -0.25) is 0 Å². The molecule has 6 rings (SSSR count). The number of benzene rings is 1. The van der Waals surface area contributed by atoms with Crippen molar-refractivity contribution < 1.29 is 0 Å². The van der Waals surface area contributed by atoms with Crippen molar-refractivity contribution in [3.05, 3.63) is 35.9 Å². The molecule has 0 amide bonds. The number of nitrogens with one attached hydrogen (secondary N) is 1. The van der Waals surface area contributed by atoms with Gasteiger partial charge in [0, 0.05) is 18.0 Å². The van der Waals surface area contributed by atoms with E-state index in [1.165, 1.54) is 56.4 Å². The predicted molar refractivity (Wildman–Crippen MR) is 120 cm³/mol. The average Bonchev–Trinajstić information content (AvgIpc) is 2.70. The molecule has 152 valence electrons. The number of hydrogen-bond acceptors (Lipinski definition) is 2. The van der Waals surface area contributed by atoms with Gasteiger partial charge in [-0.2, -0.15) is 0 Å². The van der Waals surface area contributed by atoms with Crippen molar-refractivity contribution in [3.8, 4) is 0 Å². The summed E-state index contributed by atoms with van der Waals surface area (Å²) in [6.07, 6.45) is 12.9. The van der Waals surface area contributed by atoms with Gasteiger partial charge in [0.15, 0.2) is 0 Å². The van der Waals surface area contributed by atoms with Crippen LogP contribution < -0.4 is 11.1 Å². The summed E-state index contributed by atoms with van der Waals surface area (Å²) in [4.78, 5) is 1.20. The van der Waals surface area contributed by atoms with Crippen molar-refractivity contribution in [2.45, 2.75) is 88.6 Å². The third-order valence-electron chi connectivity index (χ3n) is 8.98. The fourth-order valence-corrected chi connectivity index (χ4v) is 8.41. The Hall–Kier alpha value is -0.930. The van der Waals surface area contributed by atoms with E-state index in [2.05, 4.69) is 42.6 Å². The minimum absolute atomic E-state index is 0.405. The molecule has 2 unspecified atom stereocenters. The number of nitrogens with two attached hydrogens (primary N) is 1. The normalized spacial score (nSPS) is 44.4. The highest BCUT2D eigenvalue weighted by molar-refractivity contribution is 7.80. The lowest BCUT2D eigenvalue weighted by Gasteiger charge is -2.65. The first-order valence-electron chi connectivity index (χ1n) is 11.6. The number of rotatable bonds is 4. The minimum Gasteiger partial charge on any atom is -0.377 e. The van der Waals surface area contributed by atoms with Crippen LogP contribution in [-0.4, -0.2) is 17.1 Å². The molecule has 3 N–H and O–H groups in total. The van der Waals surface area contributed by atoms with Gasteiger partial charge in [-0.15, -0.1) is 0 Å². The van der Waals surface area contributed by atoms with E-state index in [1.807, 2.05) is 0 Å². The molecule has 0 saturated heterocycles. The van der Waals surface area contributed by atoms with Crippen molar-refractivity contribution in [1.29, 1.82) is 0 Å². The number of hydrogen-bond donors (Lipinski definition) is 2. The van der Waals surface area contributed by atoms with Gasteiger partial charge in [0.25, 0.3) is 0 Å². The zero-order valence-electron chi connectivity index (χ0n) is 17.3. The van der Waals surface area contributed by atoms with Gasteiger partial charge >= 0.3 is 0 Å². The van der Waals surface area contributed by atoms with Crippen LogP contribution in [0, 0.1) is 23.2 Å². The standard InChI is InChI=1S/C25H36N2S/c1-2-24-12-17-14-25(16-24,19-6-4-3-5-7-19)15-18(13-24)22(17)23(28)27-21-10-8-20(26)9-11-21/h3-7,17-18,20-22H,2,8-16,26H2,1H3,(H,27,28)/t17?,18?,20-,21-,22?,24?,25?. The molecule has 0 aromatic heterocycles. The van der Waals surface area contributed by atoms with E-state index in [1.54, 1.807) is 5.56 Å². The van der Waals surface area contributed by atoms with Gasteiger partial charge < -0.3 is 11.1 Å². The Bertz CT molecular complexity index is 705. The quantitative estimate of drug-likeness (QED) is 0.674. The van der Waals surface area contributed by atoms with Gasteiger partial charge in [0.05, 0.1) is 4.99 Å². The largest absolute Gasteiger partial charge is 0.377 e. The smallest absolute Gasteiger partial charge is 0.0792 e. The van der Waals surface area contributed by atoms with Gasteiger partial charge in [0.2, 0.25) is 0 Å². The average molecular weight is 397 g/mol. The minimum atomic E-state index is 0.405. The predicted octanol–water partition coefficient (Wildman–Crippen LogP) is 5.35. The summed E-state index contributed by atoms with van der Waals surface area (Å²) in [6.45, 7) is 2.43. The Kier molecular flexibility index (Phi) is 4.83. The molecular formula is C25H36N2S. The molecular weight excluding hydrogens is 360 g/mol. The maximum Gasteiger partial charge on any atom is 0.0792 e. The lowest BCUT2D eigenvalue weighted by Crippen LogP contribution is -2.60. The second kappa shape index (κ2) is 7.09. The molecule has 2 atom stereocenters. The third-order valence-corrected chi connectivity index (χ3v) is 9.37. The first-order chi connectivity index (χ1) is 13.5. The first kappa shape index (κ1) is 19.1. The molecule has 5 fully saturated rings. The molecule has 2 nitrogen and oxygen atoms in total. The Morgan fingerprint density at radius 2 is 1.68 bits per heavy atom. The highest BCUT2D eigenvalue weighted by atomic mass is 32.1. The van der Waals surface area contributed by atoms with Crippen molar-refractivity contribution in [1.82, 2.24) is 5.32 Å². The molecule has 4 bridgehead atoms. The van der Waals surface area contributed by atoms with E-state index in [0.29, 0.717) is 28.8 Å². The highest BCUT2D eigenvalue weighted by Gasteiger charge is 2.61. The van der Waals surface area contributed by atoms with Crippen LogP contribution >= 0.6 is 12.2 Å². The van der Waals surface area contributed by atoms with Crippen LogP contribution in [0.2, 0.25) is 0 Å². The summed E-state index contributed by atoms with van der Waals surface area (Å²) < 4.78 is 0. The third kappa shape index (κ3) is 3.13. The Morgan fingerprint density at radius 3 is 2.29 bits per heavy atom. The molecule has 28 heavy (non-hydrogen) atoms. The lowest BCUT2D eigenvalue weighted by atomic mass is 9.40. The lowest BCUT2D eigenvalue weighted by molar-refractivity contribution is -0.0939. The van der Waals surface area contributed by atoms with Crippen LogP contribution in [0.4, 0.5) is 0 Å². The Balaban J connectivity index is 1.37. The van der Waals surface area contributed by atoms with Crippen LogP contribution in [0.3, 0.4) is 0 Å². The van der Waals surface area contributed by atoms with Crippen LogP contribution in [0.5, 0.6) is 0 Å². The number of thiocarbonyl (C=S) groups is 1. The van der Waals surface area contributed by atoms with Crippen LogP contribution in [0.1, 0.15) is 76.7 Å². The van der Waals surface area contributed by atoms with Crippen molar-refractivity contribution >= 4 is 17.2 Å². The molecule has 0 radical (unpaired) electrons. The van der Waals surface area contributed by atoms with Crippen molar-refractivity contribution in [2.24, 2.45) is 28.9 Å². The van der Waals surface area contributed by atoms with Gasteiger partial charge in [-0.1, -0.05) is 55.9 Å². The van der Waals surface area contributed by atoms with Crippen molar-refractivity contribution in [2.75, 3.05) is 0 Å². The monoisotopic (exact) mass is 396 g/mol. The van der Waals surface area contributed by atoms with Crippen LogP contribution in [-0.2, 0) is 5.41 Å². The van der Waals surface area contributed by atoms with Crippen molar-refractivity contribution in [3.63, 3.8) is 0 Å². The maximum absolute atomic E-state index is 6.10. The van der Waals surface area contributed by atoms with Gasteiger partial charge in [0.1, 0.15) is 0 Å². The second-order valence-electron chi connectivity index (χ2n) is 10.7. The van der Waals surface area contributed by atoms with E-state index in [9.17, 15) is 0 Å². The molecule has 1 aromatic carbocycles. The molecule has 5 saturated carbocycles. The van der Waals surface area contributed by atoms with Crippen LogP contribution in [0.15, 0.2) is 30.3 Å². The van der Waals surface area contributed by atoms with E-state index in [-0.39, 0.29) is 0 Å². The summed E-state index contributed by atoms with van der Waals surface area (Å²) >= 11 is 6.08. The summed E-state index contributed by atoms with van der Waals surface area (Å²) in [5, 5.41) is 3.83. The van der Waals surface area contributed by atoms with E-state index < -0.39 is 0 Å². The zero-order chi connectivity index (χ0) is 19.4. The summed E-state index contributed by atoms with van der Waals surface area (Å²) in [7, 11) is 0. The molecule has 5 aliphatic rings. The van der Waals surface area contributed by atoms with E-state index >= 15 is 0 Å². The summed E-state index contributed by atoms with van der Waals surface area (Å²) in [5.41, 5.74) is 8.67. The summed E-state index contributed by atoms with van der Waals surface area (Å²) in [5.74, 6) is 2.15. The molecule has 5 aliphatic carbocycles. The van der Waals surface area contributed by atoms with Gasteiger partial charge in [-0.25, -0.2) is 0 Å². The Morgan fingerprint density at radius 1 is 1.04 bits per heavy atom. The Labute approximate surface area is 176 Å². The molecule has 1 aromatic rings. The second-order valence-corrected chi connectivity index (χ2v) is 11.1. The van der Waals surface area contributed by atoms with E-state index in [4.69, 9.17) is 18.0 Å². The molecule has 0 spiro atoms. The topological polar surface area (TPSA) is 38.0 Å². The summed E-state index contributed by atoms with van der Waals surface area (Å²) in [6, 6.07) is 12.4. The molecule has 0 heterocycles. The zero-order valence-corrected chi connectivity index (χ0v) is 18.1. The SMILES string of the molecule is CCC12CC3CC(c4ccccc4)(CC(C1)C3C(=S)N[C@H]1CC[C@H](N)CC1)C2. The molecule has 0 aliphatic heterocycles. The fraction of sp³-hybridized carbons (Fsp3) is 0.720. The van der Waals surface area contributed by atoms with E-state index in [0.717, 1.165) is 24.7 Å². The molecule has 3 heteroatoms. The highest BCUT2D eigenvalue weighted by Crippen LogP contribution is 2.68. The maximum atomic E-state index is 6.10. The fourth-order valence-electron chi connectivity index (χ4n) is 7.86. The first-order valence-corrected chi connectivity index (χ1v) is 12.0.